The molecule has 0 unspecified atom stereocenters. The lowest BCUT2D eigenvalue weighted by molar-refractivity contribution is -0.141. The predicted molar refractivity (Wildman–Crippen MR) is 109 cm³/mol. The van der Waals surface area contributed by atoms with Crippen molar-refractivity contribution in [3.05, 3.63) is 66.1 Å². The zero-order valence-electron chi connectivity index (χ0n) is 16.2. The Hall–Kier alpha value is -3.45. The number of phenolic OH excluding ortho intramolecular Hbond substituents is 1. The van der Waals surface area contributed by atoms with E-state index in [1.54, 1.807) is 0 Å². The molecule has 4 N–H and O–H groups in total. The van der Waals surface area contributed by atoms with Gasteiger partial charge in [0.1, 0.15) is 17.4 Å². The van der Waals surface area contributed by atoms with Crippen molar-refractivity contribution < 1.29 is 31.1 Å². The number of aromatic hydroxyl groups is 1. The van der Waals surface area contributed by atoms with Crippen LogP contribution in [0.5, 0.6) is 5.75 Å². The molecule has 8 nitrogen and oxygen atoms in total. The minimum absolute atomic E-state index is 0.0867. The van der Waals surface area contributed by atoms with Gasteiger partial charge in [0, 0.05) is 24.8 Å². The molecule has 0 fully saturated rings. The molecule has 0 spiro atoms. The summed E-state index contributed by atoms with van der Waals surface area (Å²) in [5, 5.41) is 14.4. The predicted octanol–water partition coefficient (Wildman–Crippen LogP) is 3.47. The molecule has 0 amide bonds. The fourth-order valence-corrected chi connectivity index (χ4v) is 3.52. The van der Waals surface area contributed by atoms with Crippen LogP contribution in [0.3, 0.4) is 0 Å². The van der Waals surface area contributed by atoms with Crippen LogP contribution in [0.25, 0.3) is 0 Å². The standard InChI is InChI=1S/C19H17F4N5O3S/c20-12-1-3-13(4-2-12)26-17-11-16(19(21,22)23)27-18(28-17)24-9-10-25-32(30,31)15-7-5-14(29)6-8-15/h1-8,11,25,29H,9-10H2,(H2,24,26,27,28). The first kappa shape index (κ1) is 23.2. The van der Waals surface area contributed by atoms with Gasteiger partial charge in [0.15, 0.2) is 5.69 Å². The first-order chi connectivity index (χ1) is 15.0. The van der Waals surface area contributed by atoms with Crippen LogP contribution in [0, 0.1) is 5.82 Å². The summed E-state index contributed by atoms with van der Waals surface area (Å²) < 4.78 is 79.2. The summed E-state index contributed by atoms with van der Waals surface area (Å²) >= 11 is 0. The molecule has 0 saturated heterocycles. The summed E-state index contributed by atoms with van der Waals surface area (Å²) in [5.41, 5.74) is -0.907. The van der Waals surface area contributed by atoms with Crippen molar-refractivity contribution in [2.24, 2.45) is 0 Å². The number of phenols is 1. The highest BCUT2D eigenvalue weighted by Crippen LogP contribution is 2.30. The van der Waals surface area contributed by atoms with Gasteiger partial charge in [-0.15, -0.1) is 0 Å². The van der Waals surface area contributed by atoms with Crippen molar-refractivity contribution in [1.29, 1.82) is 0 Å². The van der Waals surface area contributed by atoms with Crippen LogP contribution in [0.1, 0.15) is 5.69 Å². The SMILES string of the molecule is O=S(=O)(NCCNc1nc(Nc2ccc(F)cc2)cc(C(F)(F)F)n1)c1ccc(O)cc1. The van der Waals surface area contributed by atoms with Crippen molar-refractivity contribution in [2.45, 2.75) is 11.1 Å². The molecule has 3 rings (SSSR count). The van der Waals surface area contributed by atoms with Crippen molar-refractivity contribution in [3.63, 3.8) is 0 Å². The third-order valence-corrected chi connectivity index (χ3v) is 5.46. The maximum absolute atomic E-state index is 13.2. The lowest BCUT2D eigenvalue weighted by Crippen LogP contribution is -2.29. The molecule has 0 aliphatic heterocycles. The van der Waals surface area contributed by atoms with Crippen molar-refractivity contribution in [1.82, 2.24) is 14.7 Å². The molecule has 0 radical (unpaired) electrons. The van der Waals surface area contributed by atoms with Gasteiger partial charge in [-0.05, 0) is 48.5 Å². The van der Waals surface area contributed by atoms with Gasteiger partial charge in [-0.3, -0.25) is 0 Å². The van der Waals surface area contributed by atoms with Gasteiger partial charge < -0.3 is 15.7 Å². The van der Waals surface area contributed by atoms with Gasteiger partial charge in [-0.1, -0.05) is 0 Å². The van der Waals surface area contributed by atoms with E-state index >= 15 is 0 Å². The third-order valence-electron chi connectivity index (χ3n) is 3.98. The smallest absolute Gasteiger partial charge is 0.433 e. The molecule has 1 aromatic heterocycles. The van der Waals surface area contributed by atoms with E-state index in [2.05, 4.69) is 25.3 Å². The molecular weight excluding hydrogens is 454 g/mol. The van der Waals surface area contributed by atoms with Crippen LogP contribution in [0.4, 0.5) is 35.0 Å². The Morgan fingerprint density at radius 3 is 2.22 bits per heavy atom. The molecule has 170 valence electrons. The fraction of sp³-hybridized carbons (Fsp3) is 0.158. The molecule has 0 saturated carbocycles. The van der Waals surface area contributed by atoms with Gasteiger partial charge in [0.2, 0.25) is 16.0 Å². The molecule has 0 aliphatic rings. The number of halogens is 4. The summed E-state index contributed by atoms with van der Waals surface area (Å²) in [6.07, 6.45) is -4.75. The van der Waals surface area contributed by atoms with Crippen molar-refractivity contribution in [3.8, 4) is 5.75 Å². The number of anilines is 3. The molecule has 0 atom stereocenters. The monoisotopic (exact) mass is 471 g/mol. The molecule has 13 heteroatoms. The Morgan fingerprint density at radius 2 is 1.59 bits per heavy atom. The average molecular weight is 471 g/mol. The average Bonchev–Trinajstić information content (AvgIpc) is 2.72. The molecular formula is C19H17F4N5O3S. The normalized spacial score (nSPS) is 11.9. The summed E-state index contributed by atoms with van der Waals surface area (Å²) in [5.74, 6) is -1.18. The van der Waals surface area contributed by atoms with E-state index in [9.17, 15) is 31.1 Å². The summed E-state index contributed by atoms with van der Waals surface area (Å²) in [6, 6.07) is 10.4. The maximum Gasteiger partial charge on any atom is 0.433 e. The minimum Gasteiger partial charge on any atom is -0.508 e. The van der Waals surface area contributed by atoms with Crippen molar-refractivity contribution >= 4 is 27.5 Å². The number of hydrogen-bond acceptors (Lipinski definition) is 7. The van der Waals surface area contributed by atoms with Gasteiger partial charge in [0.25, 0.3) is 0 Å². The van der Waals surface area contributed by atoms with E-state index in [4.69, 9.17) is 0 Å². The highest BCUT2D eigenvalue weighted by atomic mass is 32.2. The first-order valence-corrected chi connectivity index (χ1v) is 10.5. The number of rotatable bonds is 8. The number of alkyl halides is 3. The van der Waals surface area contributed by atoms with Crippen LogP contribution >= 0.6 is 0 Å². The Morgan fingerprint density at radius 1 is 0.938 bits per heavy atom. The molecule has 0 aliphatic carbocycles. The van der Waals surface area contributed by atoms with E-state index in [0.29, 0.717) is 11.8 Å². The van der Waals surface area contributed by atoms with E-state index < -0.39 is 27.7 Å². The molecule has 0 bridgehead atoms. The van der Waals surface area contributed by atoms with Gasteiger partial charge >= 0.3 is 6.18 Å². The number of nitrogens with zero attached hydrogens (tertiary/aromatic N) is 2. The lowest BCUT2D eigenvalue weighted by Gasteiger charge is -2.13. The first-order valence-electron chi connectivity index (χ1n) is 9.04. The second-order valence-corrected chi connectivity index (χ2v) is 8.18. The second-order valence-electron chi connectivity index (χ2n) is 6.41. The van der Waals surface area contributed by atoms with Crippen LogP contribution < -0.4 is 15.4 Å². The minimum atomic E-state index is -4.75. The number of sulfonamides is 1. The summed E-state index contributed by atoms with van der Waals surface area (Å²) in [7, 11) is -3.88. The van der Waals surface area contributed by atoms with E-state index in [1.807, 2.05) is 0 Å². The van der Waals surface area contributed by atoms with Crippen LogP contribution in [-0.2, 0) is 16.2 Å². The number of nitrogens with one attached hydrogen (secondary N) is 3. The summed E-state index contributed by atoms with van der Waals surface area (Å²) in [6.45, 7) is -0.294. The largest absolute Gasteiger partial charge is 0.508 e. The Balaban J connectivity index is 1.68. The highest BCUT2D eigenvalue weighted by Gasteiger charge is 2.33. The lowest BCUT2D eigenvalue weighted by atomic mass is 10.3. The molecule has 3 aromatic rings. The highest BCUT2D eigenvalue weighted by molar-refractivity contribution is 7.89. The molecule has 1 heterocycles. The van der Waals surface area contributed by atoms with Crippen LogP contribution in [0.2, 0.25) is 0 Å². The zero-order valence-corrected chi connectivity index (χ0v) is 17.0. The number of hydrogen-bond donors (Lipinski definition) is 4. The van der Waals surface area contributed by atoms with Crippen molar-refractivity contribution in [2.75, 3.05) is 23.7 Å². The topological polar surface area (TPSA) is 116 Å². The summed E-state index contributed by atoms with van der Waals surface area (Å²) in [4.78, 5) is 7.26. The second kappa shape index (κ2) is 9.36. The number of aromatic nitrogens is 2. The molecule has 32 heavy (non-hydrogen) atoms. The maximum atomic E-state index is 13.2. The van der Waals surface area contributed by atoms with E-state index in [-0.39, 0.29) is 35.5 Å². The van der Waals surface area contributed by atoms with Gasteiger partial charge in [-0.25, -0.2) is 22.5 Å². The van der Waals surface area contributed by atoms with E-state index in [1.165, 1.54) is 36.4 Å². The van der Waals surface area contributed by atoms with E-state index in [0.717, 1.165) is 12.1 Å². The Bertz CT molecular complexity index is 1170. The van der Waals surface area contributed by atoms with Crippen LogP contribution in [0.15, 0.2) is 59.5 Å². The quantitative estimate of drug-likeness (QED) is 0.294. The Kier molecular flexibility index (Phi) is 6.79. The number of benzene rings is 2. The third kappa shape index (κ3) is 6.28. The van der Waals surface area contributed by atoms with Crippen LogP contribution in [-0.4, -0.2) is 36.6 Å². The Labute approximate surface area is 180 Å². The zero-order chi connectivity index (χ0) is 23.4. The fourth-order valence-electron chi connectivity index (χ4n) is 2.48. The molecule has 2 aromatic carbocycles. The van der Waals surface area contributed by atoms with Gasteiger partial charge in [-0.2, -0.15) is 18.2 Å². The van der Waals surface area contributed by atoms with Gasteiger partial charge in [0.05, 0.1) is 4.90 Å².